The molecule has 0 aliphatic heterocycles. The lowest BCUT2D eigenvalue weighted by atomic mass is 10.1. The molecule has 3 nitrogen and oxygen atoms in total. The van der Waals surface area contributed by atoms with Crippen molar-refractivity contribution < 1.29 is 0 Å². The van der Waals surface area contributed by atoms with Crippen molar-refractivity contribution in [1.29, 1.82) is 0 Å². The molecule has 0 radical (unpaired) electrons. The van der Waals surface area contributed by atoms with E-state index in [1.807, 2.05) is 0 Å². The van der Waals surface area contributed by atoms with Crippen LogP contribution in [0.4, 0.5) is 5.69 Å². The van der Waals surface area contributed by atoms with Gasteiger partial charge in [-0.25, -0.2) is 0 Å². The Morgan fingerprint density at radius 3 is 2.47 bits per heavy atom. The van der Waals surface area contributed by atoms with Crippen LogP contribution in [0.3, 0.4) is 0 Å². The summed E-state index contributed by atoms with van der Waals surface area (Å²) >= 11 is 0. The number of nitrogens with zero attached hydrogens (tertiary/aromatic N) is 1. The maximum Gasteiger partial charge on any atom is 0.0364 e. The largest absolute Gasteiger partial charge is 0.378 e. The zero-order valence-electron chi connectivity index (χ0n) is 13.1. The summed E-state index contributed by atoms with van der Waals surface area (Å²) in [5, 5.41) is 6.99. The molecule has 1 aromatic rings. The van der Waals surface area contributed by atoms with Crippen LogP contribution in [0, 0.1) is 0 Å². The van der Waals surface area contributed by atoms with Gasteiger partial charge in [-0.05, 0) is 58.0 Å². The maximum atomic E-state index is 3.50. The molecule has 0 bridgehead atoms. The second kappa shape index (κ2) is 7.51. The predicted molar refractivity (Wildman–Crippen MR) is 84.8 cm³/mol. The Morgan fingerprint density at radius 2 is 1.84 bits per heavy atom. The summed E-state index contributed by atoms with van der Waals surface area (Å²) in [6, 6.07) is 8.66. The first-order valence-corrected chi connectivity index (χ1v) is 7.10. The van der Waals surface area contributed by atoms with Crippen molar-refractivity contribution in [1.82, 2.24) is 10.6 Å². The van der Waals surface area contributed by atoms with Gasteiger partial charge in [-0.15, -0.1) is 0 Å². The monoisotopic (exact) mass is 263 g/mol. The van der Waals surface area contributed by atoms with Crippen molar-refractivity contribution in [3.8, 4) is 0 Å². The van der Waals surface area contributed by atoms with Crippen molar-refractivity contribution in [3.05, 3.63) is 29.8 Å². The first-order valence-electron chi connectivity index (χ1n) is 7.10. The summed E-state index contributed by atoms with van der Waals surface area (Å²) < 4.78 is 0. The number of anilines is 1. The van der Waals surface area contributed by atoms with Gasteiger partial charge in [-0.3, -0.25) is 0 Å². The van der Waals surface area contributed by atoms with Crippen LogP contribution in [0.15, 0.2) is 24.3 Å². The molecule has 0 heterocycles. The van der Waals surface area contributed by atoms with Gasteiger partial charge in [0.25, 0.3) is 0 Å². The SMILES string of the molecule is CN(C)c1cccc(CNCCCNC(C)(C)C)c1. The average molecular weight is 263 g/mol. The molecule has 2 N–H and O–H groups in total. The molecule has 0 unspecified atom stereocenters. The van der Waals surface area contributed by atoms with Crippen molar-refractivity contribution >= 4 is 5.69 Å². The molecule has 0 saturated heterocycles. The molecule has 0 saturated carbocycles. The summed E-state index contributed by atoms with van der Waals surface area (Å²) in [6.07, 6.45) is 1.16. The van der Waals surface area contributed by atoms with Crippen molar-refractivity contribution in [2.45, 2.75) is 39.3 Å². The summed E-state index contributed by atoms with van der Waals surface area (Å²) in [5.74, 6) is 0. The highest BCUT2D eigenvalue weighted by molar-refractivity contribution is 5.47. The van der Waals surface area contributed by atoms with Crippen LogP contribution in [0.5, 0.6) is 0 Å². The first-order chi connectivity index (χ1) is 8.88. The van der Waals surface area contributed by atoms with Gasteiger partial charge in [0.05, 0.1) is 0 Å². The van der Waals surface area contributed by atoms with Crippen molar-refractivity contribution in [2.75, 3.05) is 32.1 Å². The topological polar surface area (TPSA) is 27.3 Å². The molecule has 1 aromatic carbocycles. The van der Waals surface area contributed by atoms with Crippen LogP contribution >= 0.6 is 0 Å². The van der Waals surface area contributed by atoms with Crippen LogP contribution in [-0.2, 0) is 6.54 Å². The molecule has 1 rings (SSSR count). The third-order valence-corrected chi connectivity index (χ3v) is 2.94. The van der Waals surface area contributed by atoms with E-state index in [9.17, 15) is 0 Å². The van der Waals surface area contributed by atoms with E-state index >= 15 is 0 Å². The van der Waals surface area contributed by atoms with E-state index in [1.54, 1.807) is 0 Å². The number of nitrogens with one attached hydrogen (secondary N) is 2. The lowest BCUT2D eigenvalue weighted by Gasteiger charge is -2.20. The lowest BCUT2D eigenvalue weighted by Crippen LogP contribution is -2.37. The Hall–Kier alpha value is -1.06. The van der Waals surface area contributed by atoms with E-state index in [-0.39, 0.29) is 5.54 Å². The van der Waals surface area contributed by atoms with Crippen molar-refractivity contribution in [3.63, 3.8) is 0 Å². The number of hydrogen-bond donors (Lipinski definition) is 2. The minimum atomic E-state index is 0.222. The van der Waals surface area contributed by atoms with Gasteiger partial charge in [0.15, 0.2) is 0 Å². The molecule has 0 amide bonds. The molecule has 0 aliphatic rings. The third kappa shape index (κ3) is 7.19. The van der Waals surface area contributed by atoms with E-state index in [0.29, 0.717) is 0 Å². The van der Waals surface area contributed by atoms with Gasteiger partial charge in [0, 0.05) is 31.9 Å². The van der Waals surface area contributed by atoms with Gasteiger partial charge in [0.1, 0.15) is 0 Å². The normalized spacial score (nSPS) is 11.6. The first kappa shape index (κ1) is 16.0. The number of rotatable bonds is 7. The summed E-state index contributed by atoms with van der Waals surface area (Å²) in [7, 11) is 4.15. The average Bonchev–Trinajstić information content (AvgIpc) is 2.32. The minimum Gasteiger partial charge on any atom is -0.378 e. The van der Waals surface area contributed by atoms with Crippen LogP contribution in [-0.4, -0.2) is 32.7 Å². The molecule has 0 fully saturated rings. The second-order valence-electron chi connectivity index (χ2n) is 6.27. The molecule has 0 aliphatic carbocycles. The van der Waals surface area contributed by atoms with Crippen LogP contribution in [0.2, 0.25) is 0 Å². The Morgan fingerprint density at radius 1 is 1.11 bits per heavy atom. The highest BCUT2D eigenvalue weighted by Gasteiger charge is 2.06. The molecule has 3 heteroatoms. The van der Waals surface area contributed by atoms with E-state index in [1.165, 1.54) is 11.3 Å². The number of benzene rings is 1. The Bertz CT molecular complexity index is 367. The molecule has 0 aromatic heterocycles. The van der Waals surface area contributed by atoms with Crippen LogP contribution < -0.4 is 15.5 Å². The van der Waals surface area contributed by atoms with Crippen LogP contribution in [0.1, 0.15) is 32.8 Å². The van der Waals surface area contributed by atoms with Gasteiger partial charge >= 0.3 is 0 Å². The summed E-state index contributed by atoms with van der Waals surface area (Å²) in [6.45, 7) is 9.66. The van der Waals surface area contributed by atoms with Crippen LogP contribution in [0.25, 0.3) is 0 Å². The van der Waals surface area contributed by atoms with Gasteiger partial charge in [-0.2, -0.15) is 0 Å². The van der Waals surface area contributed by atoms with Gasteiger partial charge < -0.3 is 15.5 Å². The Kier molecular flexibility index (Phi) is 6.32. The molecular formula is C16H29N3. The zero-order valence-corrected chi connectivity index (χ0v) is 13.1. The Balaban J connectivity index is 2.21. The molecule has 0 spiro atoms. The standard InChI is InChI=1S/C16H29N3/c1-16(2,3)18-11-7-10-17-13-14-8-6-9-15(12-14)19(4)5/h6,8-9,12,17-18H,7,10-11,13H2,1-5H3. The Labute approximate surface area is 118 Å². The molecule has 19 heavy (non-hydrogen) atoms. The van der Waals surface area contributed by atoms with E-state index < -0.39 is 0 Å². The summed E-state index contributed by atoms with van der Waals surface area (Å²) in [5.41, 5.74) is 2.82. The highest BCUT2D eigenvalue weighted by Crippen LogP contribution is 2.12. The zero-order chi connectivity index (χ0) is 14.3. The molecule has 108 valence electrons. The minimum absolute atomic E-state index is 0.222. The van der Waals surface area contributed by atoms with E-state index in [0.717, 1.165) is 26.1 Å². The van der Waals surface area contributed by atoms with E-state index in [4.69, 9.17) is 0 Å². The van der Waals surface area contributed by atoms with Gasteiger partial charge in [-0.1, -0.05) is 12.1 Å². The molecular weight excluding hydrogens is 234 g/mol. The lowest BCUT2D eigenvalue weighted by molar-refractivity contribution is 0.418. The molecule has 0 atom stereocenters. The quantitative estimate of drug-likeness (QED) is 0.741. The third-order valence-electron chi connectivity index (χ3n) is 2.94. The number of hydrogen-bond acceptors (Lipinski definition) is 3. The van der Waals surface area contributed by atoms with E-state index in [2.05, 4.69) is 74.7 Å². The second-order valence-corrected chi connectivity index (χ2v) is 6.27. The predicted octanol–water partition coefficient (Wildman–Crippen LogP) is 2.62. The highest BCUT2D eigenvalue weighted by atomic mass is 15.1. The maximum absolute atomic E-state index is 3.50. The fraction of sp³-hybridized carbons (Fsp3) is 0.625. The smallest absolute Gasteiger partial charge is 0.0364 e. The fourth-order valence-corrected chi connectivity index (χ4v) is 1.85. The van der Waals surface area contributed by atoms with Gasteiger partial charge in [0.2, 0.25) is 0 Å². The van der Waals surface area contributed by atoms with Crippen molar-refractivity contribution in [2.24, 2.45) is 0 Å². The fourth-order valence-electron chi connectivity index (χ4n) is 1.85. The summed E-state index contributed by atoms with van der Waals surface area (Å²) in [4.78, 5) is 2.14.